The van der Waals surface area contributed by atoms with Crippen LogP contribution in [0.15, 0.2) is 10.5 Å². The number of amides is 2. The Morgan fingerprint density at radius 1 is 1.20 bits per heavy atom. The Labute approximate surface area is 117 Å². The summed E-state index contributed by atoms with van der Waals surface area (Å²) in [6, 6.07) is 1.69. The molecule has 1 saturated carbocycles. The first-order valence-electron chi connectivity index (χ1n) is 7.37. The second-order valence-corrected chi connectivity index (χ2v) is 5.79. The number of hydrogen-bond donors (Lipinski definition) is 2. The standard InChI is InChI=1S/C15H20N2O3/c16-14(18)10-5-3-6-11(10)17-15(19)13-8-9-4-1-2-7-12(9)20-13/h8,10-11H,1-7H2,(H2,16,18)(H,17,19)/t10-,11+/m1/s1. The van der Waals surface area contributed by atoms with E-state index in [1.165, 1.54) is 0 Å². The van der Waals surface area contributed by atoms with Gasteiger partial charge in [0.2, 0.25) is 5.91 Å². The number of hydrogen-bond acceptors (Lipinski definition) is 3. The fraction of sp³-hybridized carbons (Fsp3) is 0.600. The molecule has 1 aromatic heterocycles. The highest BCUT2D eigenvalue weighted by Crippen LogP contribution is 2.27. The number of furan rings is 1. The molecule has 0 unspecified atom stereocenters. The highest BCUT2D eigenvalue weighted by atomic mass is 16.4. The van der Waals surface area contributed by atoms with Crippen molar-refractivity contribution in [1.82, 2.24) is 5.32 Å². The molecule has 0 bridgehead atoms. The molecule has 2 amide bonds. The summed E-state index contributed by atoms with van der Waals surface area (Å²) in [6.07, 6.45) is 6.66. The quantitative estimate of drug-likeness (QED) is 0.878. The average molecular weight is 276 g/mol. The van der Waals surface area contributed by atoms with Gasteiger partial charge >= 0.3 is 0 Å². The number of fused-ring (bicyclic) bond motifs is 1. The number of carbonyl (C=O) groups excluding carboxylic acids is 2. The van der Waals surface area contributed by atoms with Gasteiger partial charge in [-0.2, -0.15) is 0 Å². The minimum absolute atomic E-state index is 0.151. The van der Waals surface area contributed by atoms with E-state index in [2.05, 4.69) is 5.32 Å². The lowest BCUT2D eigenvalue weighted by Crippen LogP contribution is -2.42. The van der Waals surface area contributed by atoms with Crippen LogP contribution < -0.4 is 11.1 Å². The van der Waals surface area contributed by atoms with Gasteiger partial charge in [-0.05, 0) is 43.7 Å². The van der Waals surface area contributed by atoms with Gasteiger partial charge in [0.25, 0.3) is 5.91 Å². The summed E-state index contributed by atoms with van der Waals surface area (Å²) in [5.74, 6) is 0.513. The summed E-state index contributed by atoms with van der Waals surface area (Å²) in [5.41, 5.74) is 6.52. The summed E-state index contributed by atoms with van der Waals surface area (Å²) in [5, 5.41) is 2.90. The second kappa shape index (κ2) is 5.31. The molecular weight excluding hydrogens is 256 g/mol. The lowest BCUT2D eigenvalue weighted by molar-refractivity contribution is -0.122. The first-order valence-corrected chi connectivity index (χ1v) is 7.37. The summed E-state index contributed by atoms with van der Waals surface area (Å²) in [6.45, 7) is 0. The molecule has 3 N–H and O–H groups in total. The molecule has 0 aliphatic heterocycles. The third-order valence-corrected chi connectivity index (χ3v) is 4.42. The number of aryl methyl sites for hydroxylation is 2. The maximum absolute atomic E-state index is 12.2. The Balaban J connectivity index is 1.70. The Morgan fingerprint density at radius 3 is 2.75 bits per heavy atom. The van der Waals surface area contributed by atoms with Gasteiger partial charge in [0.05, 0.1) is 5.92 Å². The first kappa shape index (κ1) is 13.2. The van der Waals surface area contributed by atoms with Gasteiger partial charge < -0.3 is 15.5 Å². The number of rotatable bonds is 3. The van der Waals surface area contributed by atoms with Crippen LogP contribution in [0.4, 0.5) is 0 Å². The van der Waals surface area contributed by atoms with Gasteiger partial charge in [-0.25, -0.2) is 0 Å². The topological polar surface area (TPSA) is 85.3 Å². The zero-order chi connectivity index (χ0) is 14.1. The summed E-state index contributed by atoms with van der Waals surface area (Å²) in [4.78, 5) is 23.6. The number of nitrogens with two attached hydrogens (primary N) is 1. The fourth-order valence-electron chi connectivity index (χ4n) is 3.32. The molecule has 5 nitrogen and oxygen atoms in total. The van der Waals surface area contributed by atoms with Crippen molar-refractivity contribution in [3.63, 3.8) is 0 Å². The van der Waals surface area contributed by atoms with Crippen LogP contribution in [0.25, 0.3) is 0 Å². The van der Waals surface area contributed by atoms with E-state index in [1.54, 1.807) is 0 Å². The second-order valence-electron chi connectivity index (χ2n) is 5.79. The van der Waals surface area contributed by atoms with Gasteiger partial charge in [-0.15, -0.1) is 0 Å². The number of carbonyl (C=O) groups is 2. The average Bonchev–Trinajstić information content (AvgIpc) is 3.03. The van der Waals surface area contributed by atoms with Crippen LogP contribution in [0.3, 0.4) is 0 Å². The molecule has 0 saturated heterocycles. The largest absolute Gasteiger partial charge is 0.456 e. The molecule has 1 aromatic rings. The van der Waals surface area contributed by atoms with Crippen molar-refractivity contribution in [3.05, 3.63) is 23.2 Å². The van der Waals surface area contributed by atoms with Gasteiger partial charge in [0, 0.05) is 12.5 Å². The lowest BCUT2D eigenvalue weighted by Gasteiger charge is -2.17. The van der Waals surface area contributed by atoms with Gasteiger partial charge in [-0.3, -0.25) is 9.59 Å². The predicted octanol–water partition coefficient (Wildman–Crippen LogP) is 1.54. The normalized spacial score (nSPS) is 25.2. The highest BCUT2D eigenvalue weighted by molar-refractivity contribution is 5.92. The van der Waals surface area contributed by atoms with Gasteiger partial charge in [0.15, 0.2) is 5.76 Å². The van der Waals surface area contributed by atoms with E-state index in [9.17, 15) is 9.59 Å². The number of nitrogens with one attached hydrogen (secondary N) is 1. The number of primary amides is 1. The highest BCUT2D eigenvalue weighted by Gasteiger charge is 2.33. The first-order chi connectivity index (χ1) is 9.65. The van der Waals surface area contributed by atoms with Crippen molar-refractivity contribution in [2.45, 2.75) is 51.0 Å². The summed E-state index contributed by atoms with van der Waals surface area (Å²) >= 11 is 0. The molecule has 2 aliphatic carbocycles. The van der Waals surface area contributed by atoms with E-state index in [0.717, 1.165) is 56.3 Å². The van der Waals surface area contributed by atoms with Crippen molar-refractivity contribution >= 4 is 11.8 Å². The summed E-state index contributed by atoms with van der Waals surface area (Å²) < 4.78 is 5.65. The Morgan fingerprint density at radius 2 is 2.00 bits per heavy atom. The van der Waals surface area contributed by atoms with Crippen molar-refractivity contribution < 1.29 is 14.0 Å². The molecule has 1 fully saturated rings. The van der Waals surface area contributed by atoms with Crippen molar-refractivity contribution in [2.75, 3.05) is 0 Å². The molecule has 3 rings (SSSR count). The van der Waals surface area contributed by atoms with Crippen LogP contribution in [0.5, 0.6) is 0 Å². The van der Waals surface area contributed by atoms with Crippen LogP contribution in [0.1, 0.15) is 54.0 Å². The Bertz CT molecular complexity index is 512. The molecule has 0 spiro atoms. The molecule has 0 aromatic carbocycles. The molecular formula is C15H20N2O3. The van der Waals surface area contributed by atoms with Gasteiger partial charge in [0.1, 0.15) is 5.76 Å². The Hall–Kier alpha value is -1.78. The summed E-state index contributed by atoms with van der Waals surface area (Å²) in [7, 11) is 0. The van der Waals surface area contributed by atoms with E-state index < -0.39 is 0 Å². The lowest BCUT2D eigenvalue weighted by atomic mass is 9.99. The smallest absolute Gasteiger partial charge is 0.287 e. The molecule has 20 heavy (non-hydrogen) atoms. The van der Waals surface area contributed by atoms with Crippen molar-refractivity contribution in [3.8, 4) is 0 Å². The zero-order valence-corrected chi connectivity index (χ0v) is 11.5. The van der Waals surface area contributed by atoms with Crippen molar-refractivity contribution in [1.29, 1.82) is 0 Å². The Kier molecular flexibility index (Phi) is 3.51. The molecule has 108 valence electrons. The van der Waals surface area contributed by atoms with E-state index in [0.29, 0.717) is 5.76 Å². The minimum Gasteiger partial charge on any atom is -0.456 e. The third kappa shape index (κ3) is 2.44. The molecule has 2 atom stereocenters. The molecule has 0 radical (unpaired) electrons. The molecule has 1 heterocycles. The minimum atomic E-state index is -0.327. The SMILES string of the molecule is NC(=O)[C@@H]1CCC[C@@H]1NC(=O)c1cc2c(o1)CCCC2. The maximum Gasteiger partial charge on any atom is 0.287 e. The molecule has 5 heteroatoms. The fourth-order valence-corrected chi connectivity index (χ4v) is 3.32. The maximum atomic E-state index is 12.2. The predicted molar refractivity (Wildman–Crippen MR) is 73.1 cm³/mol. The molecule has 2 aliphatic rings. The van der Waals surface area contributed by atoms with Crippen LogP contribution in [-0.2, 0) is 17.6 Å². The monoisotopic (exact) mass is 276 g/mol. The van der Waals surface area contributed by atoms with Crippen LogP contribution in [-0.4, -0.2) is 17.9 Å². The third-order valence-electron chi connectivity index (χ3n) is 4.42. The van der Waals surface area contributed by atoms with Crippen LogP contribution in [0, 0.1) is 5.92 Å². The van der Waals surface area contributed by atoms with E-state index in [4.69, 9.17) is 10.2 Å². The van der Waals surface area contributed by atoms with Crippen molar-refractivity contribution in [2.24, 2.45) is 11.7 Å². The van der Waals surface area contributed by atoms with E-state index in [-0.39, 0.29) is 23.8 Å². The van der Waals surface area contributed by atoms with Crippen LogP contribution >= 0.6 is 0 Å². The van der Waals surface area contributed by atoms with E-state index in [1.807, 2.05) is 6.07 Å². The zero-order valence-electron chi connectivity index (χ0n) is 11.5. The van der Waals surface area contributed by atoms with Crippen LogP contribution in [0.2, 0.25) is 0 Å². The van der Waals surface area contributed by atoms with E-state index >= 15 is 0 Å². The van der Waals surface area contributed by atoms with Gasteiger partial charge in [-0.1, -0.05) is 6.42 Å².